The number of aromatic nitrogens is 2. The Kier molecular flexibility index (Phi) is 5.22. The van der Waals surface area contributed by atoms with Gasteiger partial charge in [0.25, 0.3) is 0 Å². The van der Waals surface area contributed by atoms with Gasteiger partial charge in [-0.05, 0) is 32.9 Å². The quantitative estimate of drug-likeness (QED) is 0.845. The van der Waals surface area contributed by atoms with Crippen LogP contribution in [0.15, 0.2) is 0 Å². The fourth-order valence-electron chi connectivity index (χ4n) is 2.69. The first-order valence-corrected chi connectivity index (χ1v) is 7.92. The van der Waals surface area contributed by atoms with Crippen LogP contribution in [0.25, 0.3) is 0 Å². The van der Waals surface area contributed by atoms with Gasteiger partial charge >= 0.3 is 0 Å². The van der Waals surface area contributed by atoms with Crippen molar-refractivity contribution in [3.63, 3.8) is 0 Å². The van der Waals surface area contributed by atoms with E-state index in [2.05, 4.69) is 41.0 Å². The molecule has 1 aromatic rings. The number of likely N-dealkylation sites (N-methyl/N-ethyl adjacent to an activating group) is 1. The van der Waals surface area contributed by atoms with Crippen molar-refractivity contribution in [3.8, 4) is 0 Å². The van der Waals surface area contributed by atoms with Gasteiger partial charge in [0.15, 0.2) is 0 Å². The van der Waals surface area contributed by atoms with Crippen LogP contribution in [0.1, 0.15) is 50.9 Å². The molecule has 1 atom stereocenters. The summed E-state index contributed by atoms with van der Waals surface area (Å²) in [5.74, 6) is 1.98. The summed E-state index contributed by atoms with van der Waals surface area (Å²) in [6.45, 7) is 11.6. The second-order valence-electron chi connectivity index (χ2n) is 5.81. The summed E-state index contributed by atoms with van der Waals surface area (Å²) in [6.07, 6.45) is 2.55. The predicted octanol–water partition coefficient (Wildman–Crippen LogP) is 3.46. The molecule has 0 aromatic carbocycles. The zero-order valence-electron chi connectivity index (χ0n) is 12.9. The number of hydrogen-bond acceptors (Lipinski definition) is 4. The first kappa shape index (κ1) is 15.5. The Hall–Kier alpha value is -0.870. The summed E-state index contributed by atoms with van der Waals surface area (Å²) in [5, 5.41) is 4.04. The second-order valence-corrected chi connectivity index (χ2v) is 6.16. The van der Waals surface area contributed by atoms with Crippen molar-refractivity contribution in [1.82, 2.24) is 14.9 Å². The Morgan fingerprint density at radius 2 is 2.15 bits per heavy atom. The Bertz CT molecular complexity index is 461. The van der Waals surface area contributed by atoms with Crippen LogP contribution < -0.4 is 5.32 Å². The van der Waals surface area contributed by atoms with Gasteiger partial charge in [-0.15, -0.1) is 0 Å². The van der Waals surface area contributed by atoms with Crippen molar-refractivity contribution in [1.29, 1.82) is 0 Å². The highest BCUT2D eigenvalue weighted by Crippen LogP contribution is 2.24. The Labute approximate surface area is 126 Å². The maximum Gasteiger partial charge on any atom is 0.137 e. The lowest BCUT2D eigenvalue weighted by Gasteiger charge is -2.23. The van der Waals surface area contributed by atoms with Gasteiger partial charge in [-0.2, -0.15) is 0 Å². The smallest absolute Gasteiger partial charge is 0.137 e. The van der Waals surface area contributed by atoms with E-state index in [-0.39, 0.29) is 5.92 Å². The first-order chi connectivity index (χ1) is 9.52. The monoisotopic (exact) mass is 296 g/mol. The van der Waals surface area contributed by atoms with E-state index < -0.39 is 0 Å². The molecule has 0 spiro atoms. The molecule has 0 bridgehead atoms. The third-order valence-corrected chi connectivity index (χ3v) is 4.40. The molecule has 2 rings (SSSR count). The van der Waals surface area contributed by atoms with E-state index >= 15 is 0 Å². The van der Waals surface area contributed by atoms with Gasteiger partial charge in [-0.25, -0.2) is 9.97 Å². The highest BCUT2D eigenvalue weighted by Gasteiger charge is 2.23. The average Bonchev–Trinajstić information content (AvgIpc) is 2.87. The Morgan fingerprint density at radius 1 is 1.40 bits per heavy atom. The number of rotatable bonds is 5. The summed E-state index contributed by atoms with van der Waals surface area (Å²) in [7, 11) is 0. The largest absolute Gasteiger partial charge is 0.368 e. The maximum atomic E-state index is 6.21. The first-order valence-electron chi connectivity index (χ1n) is 7.54. The van der Waals surface area contributed by atoms with Crippen molar-refractivity contribution < 1.29 is 0 Å². The molecule has 1 aliphatic heterocycles. The zero-order chi connectivity index (χ0) is 14.7. The number of nitrogens with one attached hydrogen (secondary N) is 1. The fourth-order valence-corrected chi connectivity index (χ4v) is 2.87. The highest BCUT2D eigenvalue weighted by atomic mass is 35.5. The van der Waals surface area contributed by atoms with Gasteiger partial charge in [0, 0.05) is 24.1 Å². The van der Waals surface area contributed by atoms with Gasteiger partial charge in [-0.3, -0.25) is 4.90 Å². The van der Waals surface area contributed by atoms with E-state index in [1.165, 1.54) is 19.4 Å². The van der Waals surface area contributed by atoms with Crippen LogP contribution in [0.2, 0.25) is 5.15 Å². The Morgan fingerprint density at radius 3 is 2.80 bits per heavy atom. The third-order valence-electron chi connectivity index (χ3n) is 4.03. The van der Waals surface area contributed by atoms with E-state index in [9.17, 15) is 0 Å². The van der Waals surface area contributed by atoms with Gasteiger partial charge in [0.05, 0.1) is 0 Å². The number of halogens is 1. The minimum absolute atomic E-state index is 0.285. The van der Waals surface area contributed by atoms with E-state index in [1.807, 2.05) is 6.92 Å². The molecular weight excluding hydrogens is 272 g/mol. The third kappa shape index (κ3) is 3.41. The molecule has 1 aromatic heterocycles. The van der Waals surface area contributed by atoms with E-state index in [4.69, 9.17) is 11.6 Å². The highest BCUT2D eigenvalue weighted by molar-refractivity contribution is 6.30. The average molecular weight is 297 g/mol. The molecule has 0 amide bonds. The minimum atomic E-state index is 0.285. The van der Waals surface area contributed by atoms with E-state index in [0.29, 0.717) is 11.2 Å². The molecule has 1 saturated heterocycles. The topological polar surface area (TPSA) is 41.0 Å². The molecule has 112 valence electrons. The van der Waals surface area contributed by atoms with Crippen molar-refractivity contribution in [3.05, 3.63) is 16.5 Å². The molecule has 1 N–H and O–H groups in total. The lowest BCUT2D eigenvalue weighted by atomic mass is 10.2. The number of likely N-dealkylation sites (tertiary alicyclic amines) is 1. The molecular formula is C15H25ClN4. The molecule has 4 nitrogen and oxygen atoms in total. The molecule has 0 radical (unpaired) electrons. The molecule has 20 heavy (non-hydrogen) atoms. The van der Waals surface area contributed by atoms with Crippen molar-refractivity contribution in [2.75, 3.05) is 25.0 Å². The number of anilines is 1. The summed E-state index contributed by atoms with van der Waals surface area (Å²) in [4.78, 5) is 11.5. The predicted molar refractivity (Wildman–Crippen MR) is 84.6 cm³/mol. The molecule has 1 fully saturated rings. The molecule has 1 unspecified atom stereocenters. The summed E-state index contributed by atoms with van der Waals surface area (Å²) < 4.78 is 0. The van der Waals surface area contributed by atoms with Gasteiger partial charge in [-0.1, -0.05) is 32.4 Å². The minimum Gasteiger partial charge on any atom is -0.368 e. The lowest BCUT2D eigenvalue weighted by molar-refractivity contribution is 0.277. The Balaban J connectivity index is 2.08. The summed E-state index contributed by atoms with van der Waals surface area (Å²) >= 11 is 6.21. The van der Waals surface area contributed by atoms with E-state index in [0.717, 1.165) is 30.3 Å². The van der Waals surface area contributed by atoms with Crippen molar-refractivity contribution >= 4 is 17.4 Å². The maximum absolute atomic E-state index is 6.21. The van der Waals surface area contributed by atoms with Crippen LogP contribution in [0, 0.1) is 6.92 Å². The van der Waals surface area contributed by atoms with Gasteiger partial charge in [0.1, 0.15) is 16.8 Å². The summed E-state index contributed by atoms with van der Waals surface area (Å²) in [5.41, 5.74) is 0.942. The van der Waals surface area contributed by atoms with Crippen LogP contribution in [-0.2, 0) is 0 Å². The van der Waals surface area contributed by atoms with Gasteiger partial charge < -0.3 is 5.32 Å². The molecule has 5 heteroatoms. The fraction of sp³-hybridized carbons (Fsp3) is 0.733. The number of nitrogens with zero attached hydrogens (tertiary/aromatic N) is 3. The van der Waals surface area contributed by atoms with Crippen LogP contribution in [0.3, 0.4) is 0 Å². The van der Waals surface area contributed by atoms with Crippen LogP contribution in [-0.4, -0.2) is 40.5 Å². The zero-order valence-corrected chi connectivity index (χ0v) is 13.7. The second kappa shape index (κ2) is 6.72. The normalized spacial score (nSPS) is 19.8. The van der Waals surface area contributed by atoms with Crippen molar-refractivity contribution in [2.45, 2.75) is 52.5 Å². The van der Waals surface area contributed by atoms with Gasteiger partial charge in [0.2, 0.25) is 0 Å². The van der Waals surface area contributed by atoms with Crippen LogP contribution in [0.4, 0.5) is 5.82 Å². The lowest BCUT2D eigenvalue weighted by Crippen LogP contribution is -2.35. The molecule has 1 aliphatic rings. The van der Waals surface area contributed by atoms with Crippen LogP contribution in [0.5, 0.6) is 0 Å². The number of hydrogen-bond donors (Lipinski definition) is 1. The van der Waals surface area contributed by atoms with Crippen molar-refractivity contribution in [2.24, 2.45) is 0 Å². The molecule has 2 heterocycles. The molecule has 0 saturated carbocycles. The van der Waals surface area contributed by atoms with Crippen LogP contribution >= 0.6 is 11.6 Å². The SMILES string of the molecule is CCN1CCCC1CNc1nc(C(C)C)nc(Cl)c1C. The summed E-state index contributed by atoms with van der Waals surface area (Å²) in [6, 6.07) is 0.607. The molecule has 0 aliphatic carbocycles. The van der Waals surface area contributed by atoms with E-state index in [1.54, 1.807) is 0 Å². The standard InChI is InChI=1S/C15H25ClN4/c1-5-20-8-6-7-12(20)9-17-15-11(4)13(16)18-14(19-15)10(2)3/h10,12H,5-9H2,1-4H3,(H,17,18,19).